The molecule has 1 aliphatic rings. The molecule has 0 spiro atoms. The monoisotopic (exact) mass is 278 g/mol. The van der Waals surface area contributed by atoms with Crippen LogP contribution in [0.4, 0.5) is 5.69 Å². The van der Waals surface area contributed by atoms with Crippen molar-refractivity contribution >= 4 is 11.6 Å². The number of para-hydroxylation sites is 1. The number of aliphatic hydroxyl groups excluding tert-OH is 1. The Bertz CT molecular complexity index is 431. The maximum absolute atomic E-state index is 11.8. The summed E-state index contributed by atoms with van der Waals surface area (Å²) in [6.45, 7) is 2.33. The zero-order valence-electron chi connectivity index (χ0n) is 11.6. The first-order valence-electron chi connectivity index (χ1n) is 7.10. The molecule has 5 nitrogen and oxygen atoms in total. The van der Waals surface area contributed by atoms with Gasteiger partial charge in [0.2, 0.25) is 5.91 Å². The van der Waals surface area contributed by atoms with Gasteiger partial charge in [0, 0.05) is 11.3 Å². The minimum Gasteiger partial charge on any atom is -0.392 e. The lowest BCUT2D eigenvalue weighted by atomic mass is 10.1. The Balaban J connectivity index is 1.72. The normalized spacial score (nSPS) is 16.1. The number of anilines is 1. The zero-order chi connectivity index (χ0) is 14.2. The Kier molecular flexibility index (Phi) is 5.98. The fourth-order valence-corrected chi connectivity index (χ4v) is 2.27. The highest BCUT2D eigenvalue weighted by atomic mass is 16.5. The van der Waals surface area contributed by atoms with Gasteiger partial charge in [-0.25, -0.2) is 0 Å². The maximum atomic E-state index is 11.8. The van der Waals surface area contributed by atoms with Crippen molar-refractivity contribution in [1.82, 2.24) is 5.32 Å². The summed E-state index contributed by atoms with van der Waals surface area (Å²) in [6.07, 6.45) is 2.63. The van der Waals surface area contributed by atoms with Crippen LogP contribution in [0.25, 0.3) is 0 Å². The van der Waals surface area contributed by atoms with Crippen molar-refractivity contribution in [2.75, 3.05) is 25.0 Å². The van der Waals surface area contributed by atoms with E-state index in [2.05, 4.69) is 10.6 Å². The minimum atomic E-state index is -0.0835. The molecule has 0 unspecified atom stereocenters. The molecular weight excluding hydrogens is 256 g/mol. The molecule has 1 aliphatic heterocycles. The predicted molar refractivity (Wildman–Crippen MR) is 77.5 cm³/mol. The standard InChI is InChI=1S/C15H22N2O3/c18-11-12-3-1-2-4-14(12)17-15(19)7-10-20-13-5-8-16-9-6-13/h1-4,13,16,18H,5-11H2,(H,17,19). The Hall–Kier alpha value is -1.43. The van der Waals surface area contributed by atoms with Crippen LogP contribution in [0.2, 0.25) is 0 Å². The molecule has 110 valence electrons. The molecule has 5 heteroatoms. The highest BCUT2D eigenvalue weighted by Crippen LogP contribution is 2.15. The Morgan fingerprint density at radius 1 is 1.35 bits per heavy atom. The van der Waals surface area contributed by atoms with E-state index in [1.165, 1.54) is 0 Å². The van der Waals surface area contributed by atoms with E-state index in [1.54, 1.807) is 12.1 Å². The van der Waals surface area contributed by atoms with Crippen LogP contribution in [0.1, 0.15) is 24.8 Å². The SMILES string of the molecule is O=C(CCOC1CCNCC1)Nc1ccccc1CO. The lowest BCUT2D eigenvalue weighted by molar-refractivity contribution is -0.117. The number of aliphatic hydroxyl groups is 1. The second-order valence-corrected chi connectivity index (χ2v) is 4.93. The van der Waals surface area contributed by atoms with E-state index < -0.39 is 0 Å². The smallest absolute Gasteiger partial charge is 0.226 e. The number of benzene rings is 1. The van der Waals surface area contributed by atoms with E-state index in [-0.39, 0.29) is 18.6 Å². The van der Waals surface area contributed by atoms with E-state index in [1.807, 2.05) is 12.1 Å². The van der Waals surface area contributed by atoms with Crippen LogP contribution in [0.15, 0.2) is 24.3 Å². The molecule has 1 aromatic carbocycles. The van der Waals surface area contributed by atoms with Crippen molar-refractivity contribution in [2.45, 2.75) is 32.0 Å². The average Bonchev–Trinajstić information content (AvgIpc) is 2.49. The van der Waals surface area contributed by atoms with Gasteiger partial charge in [-0.2, -0.15) is 0 Å². The van der Waals surface area contributed by atoms with Gasteiger partial charge < -0.3 is 20.5 Å². The third-order valence-electron chi connectivity index (χ3n) is 3.43. The lowest BCUT2D eigenvalue weighted by Crippen LogP contribution is -2.33. The number of amides is 1. The van der Waals surface area contributed by atoms with E-state index >= 15 is 0 Å². The number of rotatable bonds is 6. The summed E-state index contributed by atoms with van der Waals surface area (Å²) in [7, 11) is 0. The average molecular weight is 278 g/mol. The summed E-state index contributed by atoms with van der Waals surface area (Å²) in [5, 5.41) is 15.3. The summed E-state index contributed by atoms with van der Waals surface area (Å²) in [5.41, 5.74) is 1.39. The largest absolute Gasteiger partial charge is 0.392 e. The molecule has 0 aliphatic carbocycles. The maximum Gasteiger partial charge on any atom is 0.226 e. The first-order chi connectivity index (χ1) is 9.79. The third-order valence-corrected chi connectivity index (χ3v) is 3.43. The Labute approximate surface area is 119 Å². The number of nitrogens with one attached hydrogen (secondary N) is 2. The van der Waals surface area contributed by atoms with Crippen LogP contribution in [0.3, 0.4) is 0 Å². The van der Waals surface area contributed by atoms with Crippen molar-refractivity contribution in [1.29, 1.82) is 0 Å². The lowest BCUT2D eigenvalue weighted by Gasteiger charge is -2.22. The molecular formula is C15H22N2O3. The summed E-state index contributed by atoms with van der Waals surface area (Å²) in [6, 6.07) is 7.25. The van der Waals surface area contributed by atoms with Gasteiger partial charge in [0.15, 0.2) is 0 Å². The van der Waals surface area contributed by atoms with Crippen LogP contribution in [-0.2, 0) is 16.1 Å². The van der Waals surface area contributed by atoms with Crippen molar-refractivity contribution in [3.63, 3.8) is 0 Å². The van der Waals surface area contributed by atoms with Gasteiger partial charge in [-0.1, -0.05) is 18.2 Å². The van der Waals surface area contributed by atoms with Gasteiger partial charge >= 0.3 is 0 Å². The van der Waals surface area contributed by atoms with E-state index in [0.29, 0.717) is 18.7 Å². The molecule has 2 rings (SSSR count). The number of hydrogen-bond acceptors (Lipinski definition) is 4. The molecule has 0 saturated carbocycles. The third kappa shape index (κ3) is 4.59. The number of hydrogen-bond donors (Lipinski definition) is 3. The zero-order valence-corrected chi connectivity index (χ0v) is 11.6. The highest BCUT2D eigenvalue weighted by Gasteiger charge is 2.13. The van der Waals surface area contributed by atoms with Crippen LogP contribution in [0.5, 0.6) is 0 Å². The van der Waals surface area contributed by atoms with Crippen molar-refractivity contribution in [3.05, 3.63) is 29.8 Å². The molecule has 1 fully saturated rings. The van der Waals surface area contributed by atoms with Crippen LogP contribution in [-0.4, -0.2) is 36.8 Å². The summed E-state index contributed by atoms with van der Waals surface area (Å²) in [4.78, 5) is 11.8. The first-order valence-corrected chi connectivity index (χ1v) is 7.10. The Morgan fingerprint density at radius 2 is 2.10 bits per heavy atom. The first kappa shape index (κ1) is 15.0. The topological polar surface area (TPSA) is 70.6 Å². The molecule has 1 amide bonds. The van der Waals surface area contributed by atoms with Gasteiger partial charge in [-0.3, -0.25) is 4.79 Å². The number of ether oxygens (including phenoxy) is 1. The van der Waals surface area contributed by atoms with Gasteiger partial charge in [0.25, 0.3) is 0 Å². The van der Waals surface area contributed by atoms with Crippen LogP contribution in [0, 0.1) is 0 Å². The molecule has 0 radical (unpaired) electrons. The molecule has 20 heavy (non-hydrogen) atoms. The highest BCUT2D eigenvalue weighted by molar-refractivity contribution is 5.91. The van der Waals surface area contributed by atoms with E-state index in [4.69, 9.17) is 4.74 Å². The number of piperidine rings is 1. The Morgan fingerprint density at radius 3 is 2.85 bits per heavy atom. The van der Waals surface area contributed by atoms with Gasteiger partial charge in [0.1, 0.15) is 0 Å². The number of carbonyl (C=O) groups excluding carboxylic acids is 1. The predicted octanol–water partition coefficient (Wildman–Crippen LogP) is 1.28. The second kappa shape index (κ2) is 7.99. The van der Waals surface area contributed by atoms with Gasteiger partial charge in [-0.05, 0) is 32.0 Å². The summed E-state index contributed by atoms with van der Waals surface area (Å²) >= 11 is 0. The minimum absolute atomic E-state index is 0.0813. The summed E-state index contributed by atoms with van der Waals surface area (Å²) in [5.74, 6) is -0.0835. The van der Waals surface area contributed by atoms with Crippen molar-refractivity contribution in [3.8, 4) is 0 Å². The molecule has 1 aromatic rings. The quantitative estimate of drug-likeness (QED) is 0.733. The van der Waals surface area contributed by atoms with Gasteiger partial charge in [-0.15, -0.1) is 0 Å². The number of carbonyl (C=O) groups is 1. The van der Waals surface area contributed by atoms with Crippen LogP contribution >= 0.6 is 0 Å². The second-order valence-electron chi connectivity index (χ2n) is 4.93. The van der Waals surface area contributed by atoms with Gasteiger partial charge in [0.05, 0.1) is 25.7 Å². The molecule has 0 atom stereocenters. The van der Waals surface area contributed by atoms with E-state index in [9.17, 15) is 9.90 Å². The molecule has 0 aromatic heterocycles. The van der Waals surface area contributed by atoms with Crippen molar-refractivity contribution in [2.24, 2.45) is 0 Å². The molecule has 1 saturated heterocycles. The molecule has 0 bridgehead atoms. The molecule has 1 heterocycles. The molecule has 3 N–H and O–H groups in total. The van der Waals surface area contributed by atoms with E-state index in [0.717, 1.165) is 31.5 Å². The fraction of sp³-hybridized carbons (Fsp3) is 0.533. The van der Waals surface area contributed by atoms with Crippen molar-refractivity contribution < 1.29 is 14.6 Å². The fourth-order valence-electron chi connectivity index (χ4n) is 2.27. The van der Waals surface area contributed by atoms with Crippen LogP contribution < -0.4 is 10.6 Å². The summed E-state index contributed by atoms with van der Waals surface area (Å²) < 4.78 is 5.70.